The molecule has 1 aliphatic carbocycles. The average Bonchev–Trinajstić information content (AvgIpc) is 3.38. The summed E-state index contributed by atoms with van der Waals surface area (Å²) in [7, 11) is 3.14. The van der Waals surface area contributed by atoms with Crippen LogP contribution in [-0.2, 0) is 23.7 Å². The number of amides is 1. The molecule has 9 heteroatoms. The Hall–Kier alpha value is -0.190. The molecule has 0 aromatic rings. The summed E-state index contributed by atoms with van der Waals surface area (Å²) in [6, 6.07) is 0. The van der Waals surface area contributed by atoms with Crippen molar-refractivity contribution in [3.63, 3.8) is 0 Å². The highest BCUT2D eigenvalue weighted by Crippen LogP contribution is 2.57. The molecule has 7 nitrogen and oxygen atoms in total. The molecule has 1 amide bonds. The predicted octanol–water partition coefficient (Wildman–Crippen LogP) is 4.53. The van der Waals surface area contributed by atoms with E-state index >= 15 is 0 Å². The molecule has 0 radical (unpaired) electrons. The van der Waals surface area contributed by atoms with E-state index in [4.69, 9.17) is 23.7 Å². The Labute approximate surface area is 189 Å². The number of ether oxygens (including phenoxy) is 5. The van der Waals surface area contributed by atoms with E-state index in [2.05, 4.69) is 31.9 Å². The van der Waals surface area contributed by atoms with Crippen molar-refractivity contribution in [3.05, 3.63) is 9.47 Å². The van der Waals surface area contributed by atoms with E-state index in [1.165, 1.54) is 0 Å². The Morgan fingerprint density at radius 2 is 1.66 bits per heavy atom. The number of carbonyl (C=O) groups excluding carboxylic acids is 1. The van der Waals surface area contributed by atoms with Gasteiger partial charge in [-0.25, -0.2) is 4.79 Å². The van der Waals surface area contributed by atoms with Crippen molar-refractivity contribution in [1.29, 1.82) is 0 Å². The zero-order chi connectivity index (χ0) is 21.8. The van der Waals surface area contributed by atoms with Gasteiger partial charge in [0.15, 0.2) is 0 Å². The van der Waals surface area contributed by atoms with Crippen molar-refractivity contribution < 1.29 is 28.5 Å². The lowest BCUT2D eigenvalue weighted by molar-refractivity contribution is -0.456. The van der Waals surface area contributed by atoms with Gasteiger partial charge in [0.25, 0.3) is 0 Å². The maximum Gasteiger partial charge on any atom is 0.410 e. The van der Waals surface area contributed by atoms with Crippen LogP contribution in [0.5, 0.6) is 0 Å². The van der Waals surface area contributed by atoms with Crippen LogP contribution >= 0.6 is 31.9 Å². The molecule has 1 saturated carbocycles. The van der Waals surface area contributed by atoms with Gasteiger partial charge in [-0.3, -0.25) is 4.90 Å². The molecule has 0 bridgehead atoms. The van der Waals surface area contributed by atoms with E-state index in [1.54, 1.807) is 21.1 Å². The maximum atomic E-state index is 13.1. The van der Waals surface area contributed by atoms with Crippen molar-refractivity contribution in [3.8, 4) is 0 Å². The van der Waals surface area contributed by atoms with Gasteiger partial charge in [-0.05, 0) is 79.3 Å². The first-order valence-corrected chi connectivity index (χ1v) is 11.4. The molecular formula is C20H31Br2NO6. The molecule has 3 rings (SSSR count). The Morgan fingerprint density at radius 3 is 2.10 bits per heavy atom. The number of hydrogen-bond donors (Lipinski definition) is 0. The van der Waals surface area contributed by atoms with Gasteiger partial charge in [-0.2, -0.15) is 0 Å². The Balaban J connectivity index is 2.00. The molecule has 0 aromatic heterocycles. The lowest BCUT2D eigenvalue weighted by Gasteiger charge is -2.58. The zero-order valence-corrected chi connectivity index (χ0v) is 21.3. The van der Waals surface area contributed by atoms with Crippen LogP contribution in [0, 0.1) is 5.92 Å². The van der Waals surface area contributed by atoms with Crippen LogP contribution in [-0.4, -0.2) is 66.7 Å². The first-order chi connectivity index (χ1) is 13.3. The minimum Gasteiger partial charge on any atom is -0.444 e. The standard InChI is InChI=1S/C20H31Br2NO6/c1-17(2,3)29-16(24)23-11-13-15(12(10-14(21)22)20(23)8-9-20)28-19(5,26-7)18(4,25-6)27-13/h10,12-13,15H,8-9,11H2,1-7H3. The molecule has 5 unspecified atom stereocenters. The molecule has 2 aliphatic heterocycles. The Bertz CT molecular complexity index is 687. The van der Waals surface area contributed by atoms with Crippen LogP contribution in [0.4, 0.5) is 4.79 Å². The van der Waals surface area contributed by atoms with E-state index in [9.17, 15) is 4.79 Å². The summed E-state index contributed by atoms with van der Waals surface area (Å²) in [5.74, 6) is -2.34. The van der Waals surface area contributed by atoms with Crippen LogP contribution in [0.15, 0.2) is 9.47 Å². The SMILES string of the molecule is COC1(C)OC2CN(C(=O)OC(C)(C)C)C3(CC3)C(C=C(Br)Br)C2OC1(C)OC. The van der Waals surface area contributed by atoms with Crippen molar-refractivity contribution >= 4 is 38.0 Å². The largest absolute Gasteiger partial charge is 0.444 e. The molecule has 0 N–H and O–H groups in total. The molecule has 2 heterocycles. The van der Waals surface area contributed by atoms with Crippen molar-refractivity contribution in [1.82, 2.24) is 4.90 Å². The molecule has 29 heavy (non-hydrogen) atoms. The lowest BCUT2D eigenvalue weighted by atomic mass is 9.81. The number of halogens is 2. The number of rotatable bonds is 3. The van der Waals surface area contributed by atoms with E-state index < -0.39 is 23.3 Å². The van der Waals surface area contributed by atoms with E-state index in [0.717, 1.165) is 16.2 Å². The van der Waals surface area contributed by atoms with Gasteiger partial charge in [0.1, 0.15) is 11.7 Å². The van der Waals surface area contributed by atoms with E-state index in [-0.39, 0.29) is 23.7 Å². The number of piperidine rings is 1. The molecule has 2 saturated heterocycles. The third-order valence-electron chi connectivity index (χ3n) is 6.26. The van der Waals surface area contributed by atoms with Crippen molar-refractivity contribution in [2.75, 3.05) is 20.8 Å². The molecule has 3 fully saturated rings. The topological polar surface area (TPSA) is 66.5 Å². The summed E-state index contributed by atoms with van der Waals surface area (Å²) in [4.78, 5) is 14.9. The monoisotopic (exact) mass is 539 g/mol. The fourth-order valence-electron chi connectivity index (χ4n) is 4.36. The number of hydrogen-bond acceptors (Lipinski definition) is 6. The number of fused-ring (bicyclic) bond motifs is 1. The highest BCUT2D eigenvalue weighted by molar-refractivity contribution is 9.28. The second kappa shape index (κ2) is 7.74. The van der Waals surface area contributed by atoms with Gasteiger partial charge in [0, 0.05) is 20.1 Å². The van der Waals surface area contributed by atoms with Gasteiger partial charge in [0.05, 0.1) is 21.6 Å². The quantitative estimate of drug-likeness (QED) is 0.524. The summed E-state index contributed by atoms with van der Waals surface area (Å²) in [5.41, 5.74) is -0.944. The maximum absolute atomic E-state index is 13.1. The normalized spacial score (nSPS) is 38.4. The van der Waals surface area contributed by atoms with Crippen molar-refractivity contribution in [2.24, 2.45) is 5.92 Å². The summed E-state index contributed by atoms with van der Waals surface area (Å²) in [5, 5.41) is 0. The predicted molar refractivity (Wildman–Crippen MR) is 115 cm³/mol. The molecular weight excluding hydrogens is 510 g/mol. The summed E-state index contributed by atoms with van der Waals surface area (Å²) in [6.07, 6.45) is 2.74. The smallest absolute Gasteiger partial charge is 0.410 e. The van der Waals surface area contributed by atoms with Crippen LogP contribution in [0.1, 0.15) is 47.5 Å². The van der Waals surface area contributed by atoms with E-state index in [0.29, 0.717) is 6.54 Å². The summed E-state index contributed by atoms with van der Waals surface area (Å²) in [6.45, 7) is 9.58. The fraction of sp³-hybridized carbons (Fsp3) is 0.850. The molecule has 5 atom stereocenters. The minimum atomic E-state index is -1.13. The third kappa shape index (κ3) is 4.15. The van der Waals surface area contributed by atoms with E-state index in [1.807, 2.05) is 38.7 Å². The second-order valence-electron chi connectivity index (χ2n) is 9.22. The minimum absolute atomic E-state index is 0.113. The average molecular weight is 541 g/mol. The second-order valence-corrected chi connectivity index (χ2v) is 12.0. The lowest BCUT2D eigenvalue weighted by Crippen LogP contribution is -2.72. The summed E-state index contributed by atoms with van der Waals surface area (Å²) >= 11 is 6.97. The third-order valence-corrected chi connectivity index (χ3v) is 6.79. The van der Waals surface area contributed by atoms with Crippen molar-refractivity contribution in [2.45, 2.75) is 82.4 Å². The van der Waals surface area contributed by atoms with Gasteiger partial charge in [-0.1, -0.05) is 6.08 Å². The van der Waals surface area contributed by atoms with Crippen LogP contribution in [0.25, 0.3) is 0 Å². The Morgan fingerprint density at radius 1 is 1.10 bits per heavy atom. The molecule has 3 aliphatic rings. The zero-order valence-electron chi connectivity index (χ0n) is 18.1. The van der Waals surface area contributed by atoms with Gasteiger partial charge in [-0.15, -0.1) is 0 Å². The highest BCUT2D eigenvalue weighted by Gasteiger charge is 2.68. The fourth-order valence-corrected chi connectivity index (χ4v) is 4.93. The number of carbonyl (C=O) groups is 1. The van der Waals surface area contributed by atoms with Gasteiger partial charge < -0.3 is 23.7 Å². The van der Waals surface area contributed by atoms with Crippen LogP contribution in [0.3, 0.4) is 0 Å². The van der Waals surface area contributed by atoms with Gasteiger partial charge >= 0.3 is 6.09 Å². The molecule has 166 valence electrons. The first kappa shape index (κ1) is 23.5. The molecule has 1 spiro atoms. The highest BCUT2D eigenvalue weighted by atomic mass is 79.9. The van der Waals surface area contributed by atoms with Gasteiger partial charge in [0.2, 0.25) is 11.6 Å². The summed E-state index contributed by atoms with van der Waals surface area (Å²) < 4.78 is 30.8. The Kier molecular flexibility index (Phi) is 6.27. The van der Waals surface area contributed by atoms with Crippen LogP contribution < -0.4 is 0 Å². The number of likely N-dealkylation sites (tertiary alicyclic amines) is 1. The first-order valence-electron chi connectivity index (χ1n) is 9.80. The number of methoxy groups -OCH3 is 2. The number of nitrogens with zero attached hydrogens (tertiary/aromatic N) is 1. The molecule has 0 aromatic carbocycles. The van der Waals surface area contributed by atoms with Crippen LogP contribution in [0.2, 0.25) is 0 Å².